The van der Waals surface area contributed by atoms with E-state index in [0.29, 0.717) is 11.3 Å². The molecule has 0 unspecified atom stereocenters. The highest BCUT2D eigenvalue weighted by Crippen LogP contribution is 2.24. The number of carbonyl (C=O) groups is 1. The minimum absolute atomic E-state index is 0.0531. The van der Waals surface area contributed by atoms with Gasteiger partial charge in [-0.1, -0.05) is 12.1 Å². The average molecular weight is 226 g/mol. The van der Waals surface area contributed by atoms with Crippen LogP contribution in [0.25, 0.3) is 0 Å². The molecule has 0 aliphatic rings. The molecule has 3 heteroatoms. The molecule has 82 valence electrons. The summed E-state index contributed by atoms with van der Waals surface area (Å²) in [7, 11) is 0. The molecular weight excluding hydrogens is 211 g/mol. The van der Waals surface area contributed by atoms with Gasteiger partial charge in [-0.25, -0.2) is 4.39 Å². The third kappa shape index (κ3) is 4.47. The van der Waals surface area contributed by atoms with Crippen molar-refractivity contribution in [3.05, 3.63) is 29.8 Å². The fraction of sp³-hybridized carbons (Fsp3) is 0.417. The molecule has 0 bridgehead atoms. The summed E-state index contributed by atoms with van der Waals surface area (Å²) < 4.78 is 13.2. The van der Waals surface area contributed by atoms with E-state index >= 15 is 0 Å². The quantitative estimate of drug-likeness (QED) is 0.575. The van der Waals surface area contributed by atoms with Gasteiger partial charge in [0.05, 0.1) is 0 Å². The Bertz CT molecular complexity index is 338. The molecule has 0 fully saturated rings. The summed E-state index contributed by atoms with van der Waals surface area (Å²) in [5.74, 6) is 0.476. The largest absolute Gasteiger partial charge is 0.295 e. The van der Waals surface area contributed by atoms with Crippen LogP contribution >= 0.6 is 11.8 Å². The summed E-state index contributed by atoms with van der Waals surface area (Å²) in [6.45, 7) is 4.65. The van der Waals surface area contributed by atoms with Crippen LogP contribution in [-0.2, 0) is 0 Å². The Hall–Kier alpha value is -0.830. The Balaban J connectivity index is 2.61. The minimum Gasteiger partial charge on any atom is -0.295 e. The number of alkyl halides is 1. The molecule has 1 aromatic carbocycles. The summed E-state index contributed by atoms with van der Waals surface area (Å²) >= 11 is 1.46. The molecule has 0 heterocycles. The Morgan fingerprint density at radius 2 is 1.87 bits per heavy atom. The van der Waals surface area contributed by atoms with Crippen LogP contribution in [-0.4, -0.2) is 17.2 Å². The van der Waals surface area contributed by atoms with Gasteiger partial charge in [-0.05, 0) is 32.9 Å². The van der Waals surface area contributed by atoms with Gasteiger partial charge in [0.25, 0.3) is 0 Å². The lowest BCUT2D eigenvalue weighted by atomic mass is 10.2. The molecule has 0 aliphatic heterocycles. The lowest BCUT2D eigenvalue weighted by molar-refractivity contribution is 0.101. The zero-order chi connectivity index (χ0) is 11.5. The summed E-state index contributed by atoms with van der Waals surface area (Å²) in [4.78, 5) is 12.0. The van der Waals surface area contributed by atoms with Crippen molar-refractivity contribution >= 4 is 17.5 Å². The molecule has 1 rings (SSSR count). The van der Waals surface area contributed by atoms with E-state index in [2.05, 4.69) is 0 Å². The molecule has 0 atom stereocenters. The fourth-order valence-corrected chi connectivity index (χ4v) is 1.88. The van der Waals surface area contributed by atoms with Crippen LogP contribution in [0.5, 0.6) is 0 Å². The first-order chi connectivity index (χ1) is 6.88. The van der Waals surface area contributed by atoms with E-state index < -0.39 is 5.67 Å². The second-order valence-electron chi connectivity index (χ2n) is 4.09. The highest BCUT2D eigenvalue weighted by atomic mass is 32.2. The normalized spacial score (nSPS) is 11.5. The van der Waals surface area contributed by atoms with Gasteiger partial charge in [0.15, 0.2) is 5.78 Å². The molecule has 15 heavy (non-hydrogen) atoms. The lowest BCUT2D eigenvalue weighted by Gasteiger charge is -2.12. The van der Waals surface area contributed by atoms with Crippen molar-refractivity contribution in [3.63, 3.8) is 0 Å². The summed E-state index contributed by atoms with van der Waals surface area (Å²) in [6.07, 6.45) is 0. The Morgan fingerprint density at radius 3 is 2.27 bits per heavy atom. The van der Waals surface area contributed by atoms with Crippen LogP contribution in [0.4, 0.5) is 4.39 Å². The van der Waals surface area contributed by atoms with Gasteiger partial charge in [-0.15, -0.1) is 11.8 Å². The van der Waals surface area contributed by atoms with E-state index in [1.165, 1.54) is 18.7 Å². The van der Waals surface area contributed by atoms with Gasteiger partial charge < -0.3 is 0 Å². The molecule has 0 amide bonds. The summed E-state index contributed by atoms with van der Waals surface area (Å²) in [5.41, 5.74) is -0.469. The first-order valence-electron chi connectivity index (χ1n) is 4.81. The maximum Gasteiger partial charge on any atom is 0.159 e. The molecular formula is C12H15FOS. The number of benzene rings is 1. The van der Waals surface area contributed by atoms with Crippen molar-refractivity contribution in [2.45, 2.75) is 31.3 Å². The summed E-state index contributed by atoms with van der Waals surface area (Å²) in [6, 6.07) is 7.26. The van der Waals surface area contributed by atoms with Crippen molar-refractivity contribution in [2.24, 2.45) is 0 Å². The van der Waals surface area contributed by atoms with Crippen molar-refractivity contribution in [2.75, 3.05) is 5.75 Å². The van der Waals surface area contributed by atoms with E-state index in [0.717, 1.165) is 4.90 Å². The van der Waals surface area contributed by atoms with Gasteiger partial charge >= 0.3 is 0 Å². The first kappa shape index (κ1) is 12.2. The van der Waals surface area contributed by atoms with E-state index in [4.69, 9.17) is 0 Å². The van der Waals surface area contributed by atoms with Crippen LogP contribution in [0.3, 0.4) is 0 Å². The zero-order valence-electron chi connectivity index (χ0n) is 9.21. The van der Waals surface area contributed by atoms with E-state index in [-0.39, 0.29) is 5.78 Å². The molecule has 0 saturated carbocycles. The molecule has 0 aliphatic carbocycles. The van der Waals surface area contributed by atoms with Gasteiger partial charge in [0.1, 0.15) is 5.67 Å². The van der Waals surface area contributed by atoms with Crippen LogP contribution in [0, 0.1) is 0 Å². The van der Waals surface area contributed by atoms with E-state index in [1.807, 2.05) is 12.1 Å². The predicted molar refractivity (Wildman–Crippen MR) is 62.4 cm³/mol. The Kier molecular flexibility index (Phi) is 3.91. The molecule has 0 N–H and O–H groups in total. The minimum atomic E-state index is -1.16. The number of carbonyl (C=O) groups excluding carboxylic acids is 1. The predicted octanol–water partition coefficient (Wildman–Crippen LogP) is 3.73. The van der Waals surface area contributed by atoms with Crippen LogP contribution < -0.4 is 0 Å². The number of thioether (sulfide) groups is 1. The monoisotopic (exact) mass is 226 g/mol. The number of hydrogen-bond donors (Lipinski definition) is 0. The van der Waals surface area contributed by atoms with Crippen LogP contribution in [0.15, 0.2) is 29.2 Å². The van der Waals surface area contributed by atoms with Gasteiger partial charge in [-0.3, -0.25) is 4.79 Å². The molecule has 1 aromatic rings. The first-order valence-corrected chi connectivity index (χ1v) is 5.80. The second-order valence-corrected chi connectivity index (χ2v) is 5.14. The lowest BCUT2D eigenvalue weighted by Crippen LogP contribution is -2.14. The molecule has 1 nitrogen and oxygen atoms in total. The van der Waals surface area contributed by atoms with Crippen molar-refractivity contribution in [1.29, 1.82) is 0 Å². The smallest absolute Gasteiger partial charge is 0.159 e. The number of ketones is 1. The van der Waals surface area contributed by atoms with Gasteiger partial charge in [-0.2, -0.15) is 0 Å². The Morgan fingerprint density at radius 1 is 1.33 bits per heavy atom. The average Bonchev–Trinajstić information content (AvgIpc) is 2.14. The number of halogens is 1. The number of hydrogen-bond acceptors (Lipinski definition) is 2. The van der Waals surface area contributed by atoms with Gasteiger partial charge in [0.2, 0.25) is 0 Å². The van der Waals surface area contributed by atoms with Crippen molar-refractivity contribution in [3.8, 4) is 0 Å². The third-order valence-corrected chi connectivity index (χ3v) is 3.28. The molecule has 0 radical (unpaired) electrons. The van der Waals surface area contributed by atoms with Gasteiger partial charge in [0, 0.05) is 16.2 Å². The van der Waals surface area contributed by atoms with Crippen LogP contribution in [0.2, 0.25) is 0 Å². The third-order valence-electron chi connectivity index (χ3n) is 1.84. The maximum atomic E-state index is 13.2. The fourth-order valence-electron chi connectivity index (χ4n) is 1.04. The van der Waals surface area contributed by atoms with Crippen molar-refractivity contribution in [1.82, 2.24) is 0 Å². The summed E-state index contributed by atoms with van der Waals surface area (Å²) in [5, 5.41) is 0. The van der Waals surface area contributed by atoms with E-state index in [9.17, 15) is 9.18 Å². The second kappa shape index (κ2) is 4.79. The number of rotatable bonds is 4. The molecule has 0 aromatic heterocycles. The Labute approximate surface area is 94.1 Å². The molecule has 0 saturated heterocycles. The molecule has 0 spiro atoms. The standard InChI is InChI=1S/C12H15FOS/c1-9(14)10-4-6-11(7-5-10)15-8-12(2,3)13/h4-7H,8H2,1-3H3. The van der Waals surface area contributed by atoms with Crippen molar-refractivity contribution < 1.29 is 9.18 Å². The highest BCUT2D eigenvalue weighted by Gasteiger charge is 2.15. The van der Waals surface area contributed by atoms with Crippen LogP contribution in [0.1, 0.15) is 31.1 Å². The topological polar surface area (TPSA) is 17.1 Å². The maximum absolute atomic E-state index is 13.2. The zero-order valence-corrected chi connectivity index (χ0v) is 10.0. The van der Waals surface area contributed by atoms with E-state index in [1.54, 1.807) is 26.0 Å². The highest BCUT2D eigenvalue weighted by molar-refractivity contribution is 7.99. The SMILES string of the molecule is CC(=O)c1ccc(SCC(C)(C)F)cc1. The number of Topliss-reactive ketones (excluding diaryl/α,β-unsaturated/α-hetero) is 1.